The second-order valence-corrected chi connectivity index (χ2v) is 8.39. The summed E-state index contributed by atoms with van der Waals surface area (Å²) in [5.41, 5.74) is 1.60. The fourth-order valence-corrected chi connectivity index (χ4v) is 4.51. The Balaban J connectivity index is 1.49. The predicted molar refractivity (Wildman–Crippen MR) is 120 cm³/mol. The molecule has 2 heterocycles. The van der Waals surface area contributed by atoms with Crippen molar-refractivity contribution in [1.82, 2.24) is 9.80 Å². The molecule has 7 heteroatoms. The molecule has 0 saturated carbocycles. The maximum atomic E-state index is 14.6. The lowest BCUT2D eigenvalue weighted by molar-refractivity contribution is -0.148. The number of nitrogens with zero attached hydrogens (tertiary/aromatic N) is 3. The summed E-state index contributed by atoms with van der Waals surface area (Å²) in [5.74, 6) is -0.674. The van der Waals surface area contributed by atoms with E-state index in [0.29, 0.717) is 50.4 Å². The van der Waals surface area contributed by atoms with E-state index in [1.54, 1.807) is 21.9 Å². The fraction of sp³-hybridized carbons (Fsp3) is 0.400. The summed E-state index contributed by atoms with van der Waals surface area (Å²) in [6.45, 7) is 3.85. The van der Waals surface area contributed by atoms with Crippen LogP contribution in [0.3, 0.4) is 0 Å². The van der Waals surface area contributed by atoms with Crippen molar-refractivity contribution in [3.63, 3.8) is 0 Å². The maximum absolute atomic E-state index is 14.6. The van der Waals surface area contributed by atoms with Crippen molar-refractivity contribution >= 4 is 23.3 Å². The number of hydrogen-bond acceptors (Lipinski definition) is 4. The highest BCUT2D eigenvalue weighted by atomic mass is 19.1. The Morgan fingerprint density at radius 2 is 1.66 bits per heavy atom. The summed E-state index contributed by atoms with van der Waals surface area (Å²) in [6.07, 6.45) is 2.23. The van der Waals surface area contributed by atoms with Crippen molar-refractivity contribution in [3.8, 4) is 0 Å². The molecule has 6 nitrogen and oxygen atoms in total. The van der Waals surface area contributed by atoms with Crippen molar-refractivity contribution in [2.45, 2.75) is 32.2 Å². The number of rotatable bonds is 5. The van der Waals surface area contributed by atoms with Gasteiger partial charge >= 0.3 is 0 Å². The molecule has 32 heavy (non-hydrogen) atoms. The zero-order valence-corrected chi connectivity index (χ0v) is 18.3. The molecule has 1 atom stereocenters. The third kappa shape index (κ3) is 4.52. The minimum atomic E-state index is -0.623. The van der Waals surface area contributed by atoms with Gasteiger partial charge in [-0.25, -0.2) is 4.39 Å². The lowest BCUT2D eigenvalue weighted by Gasteiger charge is -2.41. The Labute approximate surface area is 187 Å². The van der Waals surface area contributed by atoms with Gasteiger partial charge in [-0.1, -0.05) is 30.3 Å². The molecule has 2 aromatic carbocycles. The van der Waals surface area contributed by atoms with Gasteiger partial charge in [0.25, 0.3) is 0 Å². The number of piperidine rings is 1. The van der Waals surface area contributed by atoms with E-state index in [1.165, 1.54) is 13.0 Å². The Bertz CT molecular complexity index is 1000. The number of hydrogen-bond donors (Lipinski definition) is 0. The number of Topliss-reactive ketones (excluding diaryl/α,β-unsaturated/α-hetero) is 1. The average Bonchev–Trinajstić information content (AvgIpc) is 2.81. The first-order valence-corrected chi connectivity index (χ1v) is 11.1. The molecule has 1 unspecified atom stereocenters. The minimum Gasteiger partial charge on any atom is -0.366 e. The zero-order valence-electron chi connectivity index (χ0n) is 18.3. The van der Waals surface area contributed by atoms with E-state index in [0.717, 1.165) is 18.4 Å². The summed E-state index contributed by atoms with van der Waals surface area (Å²) in [4.78, 5) is 43.1. The van der Waals surface area contributed by atoms with Crippen LogP contribution >= 0.6 is 0 Å². The summed E-state index contributed by atoms with van der Waals surface area (Å²) in [6, 6.07) is 13.4. The lowest BCUT2D eigenvalue weighted by Crippen LogP contribution is -2.53. The van der Waals surface area contributed by atoms with Gasteiger partial charge < -0.3 is 14.7 Å². The van der Waals surface area contributed by atoms with Gasteiger partial charge in [-0.05, 0) is 43.5 Å². The smallest absolute Gasteiger partial charge is 0.250 e. The molecule has 0 N–H and O–H groups in total. The Hall–Kier alpha value is -3.22. The molecule has 0 aliphatic carbocycles. The van der Waals surface area contributed by atoms with Crippen molar-refractivity contribution in [3.05, 3.63) is 65.5 Å². The molecule has 2 aliphatic heterocycles. The van der Waals surface area contributed by atoms with Gasteiger partial charge in [-0.15, -0.1) is 0 Å². The van der Waals surface area contributed by atoms with Crippen LogP contribution in [0.4, 0.5) is 10.1 Å². The largest absolute Gasteiger partial charge is 0.366 e. The van der Waals surface area contributed by atoms with Crippen molar-refractivity contribution in [2.24, 2.45) is 0 Å². The maximum Gasteiger partial charge on any atom is 0.250 e. The Morgan fingerprint density at radius 3 is 2.28 bits per heavy atom. The van der Waals surface area contributed by atoms with Crippen LogP contribution in [0.2, 0.25) is 0 Å². The van der Waals surface area contributed by atoms with E-state index >= 15 is 0 Å². The quantitative estimate of drug-likeness (QED) is 0.673. The number of halogens is 1. The molecule has 4 rings (SSSR count). The number of anilines is 1. The SMILES string of the molecule is CC(=O)c1ccc(N2CCN(C(=O)C(c3ccccc3)N3CCCCC3=O)CC2)c(F)c1. The average molecular weight is 438 g/mol. The molecule has 2 saturated heterocycles. The Morgan fingerprint density at radius 1 is 0.938 bits per heavy atom. The van der Waals surface area contributed by atoms with Crippen LogP contribution in [0.15, 0.2) is 48.5 Å². The Kier molecular flexibility index (Phi) is 6.53. The first-order chi connectivity index (χ1) is 15.5. The third-order valence-corrected chi connectivity index (χ3v) is 6.31. The number of carbonyl (C=O) groups excluding carboxylic acids is 3. The standard InChI is InChI=1S/C25H28FN3O3/c1-18(30)20-10-11-22(21(26)17-20)27-13-15-28(16-14-27)25(32)24(19-7-3-2-4-8-19)29-12-6-5-9-23(29)31/h2-4,7-8,10-11,17,24H,5-6,9,12-16H2,1H3. The van der Waals surface area contributed by atoms with Crippen LogP contribution in [0.1, 0.15) is 48.1 Å². The van der Waals surface area contributed by atoms with Gasteiger partial charge in [-0.2, -0.15) is 0 Å². The molecule has 0 spiro atoms. The fourth-order valence-electron chi connectivity index (χ4n) is 4.51. The van der Waals surface area contributed by atoms with Crippen LogP contribution in [-0.2, 0) is 9.59 Å². The number of carbonyl (C=O) groups is 3. The summed E-state index contributed by atoms with van der Waals surface area (Å²) < 4.78 is 14.6. The number of piperazine rings is 1. The molecule has 2 aliphatic rings. The van der Waals surface area contributed by atoms with Crippen molar-refractivity contribution < 1.29 is 18.8 Å². The molecule has 0 aromatic heterocycles. The minimum absolute atomic E-state index is 0.0183. The van der Waals surface area contributed by atoms with Gasteiger partial charge in [0.15, 0.2) is 5.78 Å². The van der Waals surface area contributed by atoms with Crippen LogP contribution in [-0.4, -0.2) is 60.1 Å². The molecular formula is C25H28FN3O3. The summed E-state index contributed by atoms with van der Waals surface area (Å²) >= 11 is 0. The first kappa shape index (κ1) is 22.0. The molecule has 2 amide bonds. The highest BCUT2D eigenvalue weighted by Gasteiger charge is 2.36. The van der Waals surface area contributed by atoms with Crippen molar-refractivity contribution in [2.75, 3.05) is 37.6 Å². The molecule has 2 aromatic rings. The highest BCUT2D eigenvalue weighted by molar-refractivity contribution is 5.94. The van der Waals surface area contributed by atoms with Crippen LogP contribution in [0, 0.1) is 5.82 Å². The van der Waals surface area contributed by atoms with Gasteiger partial charge in [0.1, 0.15) is 11.9 Å². The number of benzene rings is 2. The molecular weight excluding hydrogens is 409 g/mol. The van der Waals surface area contributed by atoms with E-state index < -0.39 is 11.9 Å². The highest BCUT2D eigenvalue weighted by Crippen LogP contribution is 2.29. The van der Waals surface area contributed by atoms with E-state index in [2.05, 4.69) is 0 Å². The van der Waals surface area contributed by atoms with E-state index in [-0.39, 0.29) is 17.6 Å². The van der Waals surface area contributed by atoms with Gasteiger partial charge in [0.2, 0.25) is 11.8 Å². The third-order valence-electron chi connectivity index (χ3n) is 6.31. The summed E-state index contributed by atoms with van der Waals surface area (Å²) in [7, 11) is 0. The van der Waals surface area contributed by atoms with Gasteiger partial charge in [0.05, 0.1) is 5.69 Å². The monoisotopic (exact) mass is 437 g/mol. The molecule has 0 bridgehead atoms. The number of amides is 2. The second kappa shape index (κ2) is 9.51. The zero-order chi connectivity index (χ0) is 22.7. The van der Waals surface area contributed by atoms with Crippen molar-refractivity contribution in [1.29, 1.82) is 0 Å². The molecule has 0 radical (unpaired) electrons. The van der Waals surface area contributed by atoms with Crippen LogP contribution in [0.25, 0.3) is 0 Å². The molecule has 2 fully saturated rings. The van der Waals surface area contributed by atoms with Gasteiger partial charge in [0, 0.05) is 44.7 Å². The number of likely N-dealkylation sites (tertiary alicyclic amines) is 1. The predicted octanol–water partition coefficient (Wildman–Crippen LogP) is 3.43. The second-order valence-electron chi connectivity index (χ2n) is 8.39. The normalized spacial score (nSPS) is 17.9. The van der Waals surface area contributed by atoms with Gasteiger partial charge in [-0.3, -0.25) is 14.4 Å². The van der Waals surface area contributed by atoms with E-state index in [9.17, 15) is 18.8 Å². The first-order valence-electron chi connectivity index (χ1n) is 11.1. The lowest BCUT2D eigenvalue weighted by atomic mass is 9.99. The van der Waals surface area contributed by atoms with Crippen LogP contribution < -0.4 is 4.90 Å². The summed E-state index contributed by atoms with van der Waals surface area (Å²) in [5, 5.41) is 0. The molecule has 168 valence electrons. The van der Waals surface area contributed by atoms with Crippen LogP contribution in [0.5, 0.6) is 0 Å². The van der Waals surface area contributed by atoms with E-state index in [4.69, 9.17) is 0 Å². The number of ketones is 1. The topological polar surface area (TPSA) is 60.9 Å². The van der Waals surface area contributed by atoms with E-state index in [1.807, 2.05) is 35.2 Å².